The Kier molecular flexibility index (Phi) is 4.44. The number of nitrogens with zero attached hydrogens (tertiary/aromatic N) is 1. The Labute approximate surface area is 124 Å². The number of esters is 1. The first-order chi connectivity index (χ1) is 9.13. The van der Waals surface area contributed by atoms with E-state index in [-0.39, 0.29) is 5.69 Å². The van der Waals surface area contributed by atoms with Crippen molar-refractivity contribution in [1.29, 1.82) is 0 Å². The van der Waals surface area contributed by atoms with Gasteiger partial charge in [0.15, 0.2) is 5.69 Å². The maximum Gasteiger partial charge on any atom is 0.482 e. The Hall–Kier alpha value is -1.54. The van der Waals surface area contributed by atoms with Gasteiger partial charge in [0.1, 0.15) is 0 Å². The lowest BCUT2D eigenvalue weighted by Crippen LogP contribution is -2.04. The average molecular weight is 290 g/mol. The van der Waals surface area contributed by atoms with E-state index in [9.17, 15) is 4.79 Å². The number of carbonyl (C=O) groups is 1. The summed E-state index contributed by atoms with van der Waals surface area (Å²) in [5.74, 6) is 0.192. The van der Waals surface area contributed by atoms with Gasteiger partial charge in [-0.3, -0.25) is 0 Å². The van der Waals surface area contributed by atoms with E-state index in [0.717, 1.165) is 5.56 Å². The molecule has 0 aliphatic rings. The number of methoxy groups -OCH3 is 1. The van der Waals surface area contributed by atoms with Gasteiger partial charge in [0.05, 0.1) is 18.6 Å². The number of hydrogen-bond acceptors (Lipinski definition) is 4. The fourth-order valence-corrected chi connectivity index (χ4v) is 1.92. The van der Waals surface area contributed by atoms with Crippen molar-refractivity contribution in [2.45, 2.75) is 0 Å². The zero-order valence-electron chi connectivity index (χ0n) is 10.1. The average Bonchev–Trinajstić information content (AvgIpc) is 2.45. The Morgan fingerprint density at radius 2 is 1.95 bits per heavy atom. The number of carbonyl (C=O) groups excluding carboxylic acids is 1. The van der Waals surface area contributed by atoms with Gasteiger partial charge in [-0.05, 0) is 36.4 Å². The van der Waals surface area contributed by atoms with Crippen LogP contribution in [-0.4, -0.2) is 34.7 Å². The molecule has 0 atom stereocenters. The summed E-state index contributed by atoms with van der Waals surface area (Å²) in [5, 5.41) is 0.428. The van der Waals surface area contributed by atoms with Crippen molar-refractivity contribution in [3.63, 3.8) is 0 Å². The SMILES string of the molecule is COC(=O)c1cc(Cl)cc(-c2ccc([O][Al])cc2)n1. The van der Waals surface area contributed by atoms with E-state index in [2.05, 4.69) is 26.3 Å². The predicted molar refractivity (Wildman–Crippen MR) is 72.4 cm³/mol. The van der Waals surface area contributed by atoms with E-state index in [1.165, 1.54) is 13.2 Å². The Balaban J connectivity index is 2.43. The number of rotatable bonds is 3. The van der Waals surface area contributed by atoms with Crippen molar-refractivity contribution >= 4 is 34.2 Å². The van der Waals surface area contributed by atoms with Gasteiger partial charge in [0, 0.05) is 10.6 Å². The molecule has 6 heteroatoms. The van der Waals surface area contributed by atoms with Crippen LogP contribution in [0.4, 0.5) is 0 Å². The van der Waals surface area contributed by atoms with Crippen LogP contribution in [0.2, 0.25) is 5.02 Å². The van der Waals surface area contributed by atoms with Crippen molar-refractivity contribution in [2.75, 3.05) is 7.11 Å². The monoisotopic (exact) mass is 289 g/mol. The van der Waals surface area contributed by atoms with Crippen LogP contribution in [0, 0.1) is 0 Å². The molecule has 0 aliphatic carbocycles. The molecule has 0 bridgehead atoms. The van der Waals surface area contributed by atoms with E-state index in [4.69, 9.17) is 15.4 Å². The summed E-state index contributed by atoms with van der Waals surface area (Å²) in [5.41, 5.74) is 1.61. The molecule has 0 N–H and O–H groups in total. The van der Waals surface area contributed by atoms with E-state index in [1.54, 1.807) is 18.2 Å². The van der Waals surface area contributed by atoms with Crippen LogP contribution in [0.3, 0.4) is 0 Å². The van der Waals surface area contributed by atoms with E-state index < -0.39 is 5.97 Å². The topological polar surface area (TPSA) is 48.4 Å². The fourth-order valence-electron chi connectivity index (χ4n) is 1.56. The van der Waals surface area contributed by atoms with Crippen LogP contribution in [-0.2, 0) is 4.74 Å². The van der Waals surface area contributed by atoms with Gasteiger partial charge >= 0.3 is 22.6 Å². The molecule has 0 unspecified atom stereocenters. The van der Waals surface area contributed by atoms with Crippen molar-refractivity contribution in [2.24, 2.45) is 0 Å². The minimum Gasteiger partial charge on any atom is -0.654 e. The minimum atomic E-state index is -0.520. The quantitative estimate of drug-likeness (QED) is 0.644. The van der Waals surface area contributed by atoms with Gasteiger partial charge in [-0.2, -0.15) is 0 Å². The summed E-state index contributed by atoms with van der Waals surface area (Å²) >= 11 is 8.16. The molecule has 0 saturated heterocycles. The van der Waals surface area contributed by atoms with Crippen LogP contribution in [0.15, 0.2) is 36.4 Å². The molecule has 2 aromatic rings. The smallest absolute Gasteiger partial charge is 0.482 e. The summed E-state index contributed by atoms with van der Waals surface area (Å²) in [6.45, 7) is 0. The van der Waals surface area contributed by atoms with Crippen molar-refractivity contribution in [3.05, 3.63) is 47.1 Å². The lowest BCUT2D eigenvalue weighted by Gasteiger charge is -2.06. The first-order valence-electron chi connectivity index (χ1n) is 5.37. The molecular formula is C13H9AlClNO3. The zero-order valence-corrected chi connectivity index (χ0v) is 12.0. The van der Waals surface area contributed by atoms with E-state index in [1.807, 2.05) is 12.1 Å². The molecule has 94 valence electrons. The van der Waals surface area contributed by atoms with Gasteiger partial charge in [0.25, 0.3) is 0 Å². The molecule has 0 amide bonds. The highest BCUT2D eigenvalue weighted by Crippen LogP contribution is 2.24. The predicted octanol–water partition coefficient (Wildman–Crippen LogP) is 2.65. The van der Waals surface area contributed by atoms with Crippen LogP contribution in [0.25, 0.3) is 11.3 Å². The Morgan fingerprint density at radius 1 is 1.26 bits per heavy atom. The highest BCUT2D eigenvalue weighted by Gasteiger charge is 2.11. The zero-order chi connectivity index (χ0) is 13.8. The maximum absolute atomic E-state index is 11.5. The maximum atomic E-state index is 11.5. The first-order valence-corrected chi connectivity index (χ1v) is 6.22. The van der Waals surface area contributed by atoms with Gasteiger partial charge in [0.2, 0.25) is 0 Å². The molecule has 0 fully saturated rings. The number of aromatic nitrogens is 1. The van der Waals surface area contributed by atoms with E-state index >= 15 is 0 Å². The van der Waals surface area contributed by atoms with E-state index in [0.29, 0.717) is 16.5 Å². The molecular weight excluding hydrogens is 281 g/mol. The van der Waals surface area contributed by atoms with Gasteiger partial charge in [-0.25, -0.2) is 9.78 Å². The third-order valence-corrected chi connectivity index (χ3v) is 2.96. The first kappa shape index (κ1) is 13.9. The standard InChI is InChI=1S/C13H10ClNO3.Al/c1-18-13(17)12-7-9(14)6-11(15-12)8-2-4-10(16)5-3-8;/h2-7,16H,1H3;/q;+1/p-1. The van der Waals surface area contributed by atoms with Gasteiger partial charge in [-0.15, -0.1) is 0 Å². The summed E-state index contributed by atoms with van der Waals surface area (Å²) in [6, 6.07) is 10.4. The number of pyridine rings is 1. The summed E-state index contributed by atoms with van der Waals surface area (Å²) < 4.78 is 9.64. The molecule has 0 aliphatic heterocycles. The normalized spacial score (nSPS) is 10.0. The van der Waals surface area contributed by atoms with Gasteiger partial charge < -0.3 is 8.53 Å². The molecule has 1 aromatic carbocycles. The minimum absolute atomic E-state index is 0.177. The lowest BCUT2D eigenvalue weighted by atomic mass is 10.1. The number of halogens is 1. The summed E-state index contributed by atoms with van der Waals surface area (Å²) in [7, 11) is 1.30. The fraction of sp³-hybridized carbons (Fsp3) is 0.0769. The number of benzene rings is 1. The molecule has 1 aromatic heterocycles. The van der Waals surface area contributed by atoms with Crippen LogP contribution in [0.1, 0.15) is 10.5 Å². The second-order valence-corrected chi connectivity index (χ2v) is 4.36. The molecule has 19 heavy (non-hydrogen) atoms. The lowest BCUT2D eigenvalue weighted by molar-refractivity contribution is 0.0594. The molecule has 4 nitrogen and oxygen atoms in total. The Bertz CT molecular complexity index is 601. The summed E-state index contributed by atoms with van der Waals surface area (Å²) in [6.07, 6.45) is 0. The van der Waals surface area contributed by atoms with Crippen LogP contribution < -0.4 is 3.79 Å². The largest absolute Gasteiger partial charge is 0.654 e. The number of hydrogen-bond donors (Lipinski definition) is 0. The number of ether oxygens (including phenoxy) is 1. The van der Waals surface area contributed by atoms with Crippen LogP contribution in [0.5, 0.6) is 5.75 Å². The molecule has 0 saturated carbocycles. The van der Waals surface area contributed by atoms with Gasteiger partial charge in [-0.1, -0.05) is 11.6 Å². The highest BCUT2D eigenvalue weighted by atomic mass is 35.5. The van der Waals surface area contributed by atoms with Crippen LogP contribution >= 0.6 is 11.6 Å². The molecule has 2 rings (SSSR count). The molecule has 1 heterocycles. The van der Waals surface area contributed by atoms with Crippen molar-refractivity contribution in [1.82, 2.24) is 4.98 Å². The van der Waals surface area contributed by atoms with Crippen molar-refractivity contribution < 1.29 is 13.3 Å². The second-order valence-electron chi connectivity index (χ2n) is 3.69. The molecule has 0 spiro atoms. The Morgan fingerprint density at radius 3 is 2.53 bits per heavy atom. The highest BCUT2D eigenvalue weighted by molar-refractivity contribution is 6.31. The van der Waals surface area contributed by atoms with Crippen molar-refractivity contribution in [3.8, 4) is 17.0 Å². The third kappa shape index (κ3) is 3.27. The second kappa shape index (κ2) is 6.07. The third-order valence-electron chi connectivity index (χ3n) is 2.47. The summed E-state index contributed by atoms with van der Waals surface area (Å²) in [4.78, 5) is 15.7. The molecule has 2 radical (unpaired) electrons.